The molecule has 7 heteroatoms. The van der Waals surface area contributed by atoms with E-state index in [9.17, 15) is 9.59 Å². The van der Waals surface area contributed by atoms with Gasteiger partial charge in [0.25, 0.3) is 5.91 Å². The fourth-order valence-corrected chi connectivity index (χ4v) is 3.49. The largest absolute Gasteiger partial charge is 0.376 e. The van der Waals surface area contributed by atoms with Crippen molar-refractivity contribution in [3.8, 4) is 0 Å². The highest BCUT2D eigenvalue weighted by Crippen LogP contribution is 2.25. The summed E-state index contributed by atoms with van der Waals surface area (Å²) < 4.78 is 0. The molecule has 5 nitrogen and oxygen atoms in total. The Morgan fingerprint density at radius 3 is 2.29 bits per heavy atom. The van der Waals surface area contributed by atoms with Crippen LogP contribution in [0.5, 0.6) is 0 Å². The van der Waals surface area contributed by atoms with Crippen LogP contribution in [0.15, 0.2) is 42.5 Å². The molecule has 28 heavy (non-hydrogen) atoms. The first-order valence-electron chi connectivity index (χ1n) is 9.41. The molecule has 0 unspecified atom stereocenters. The summed E-state index contributed by atoms with van der Waals surface area (Å²) in [5.74, 6) is -0.171. The Kier molecular flexibility index (Phi) is 7.18. The van der Waals surface area contributed by atoms with Crippen LogP contribution in [0, 0.1) is 0 Å². The number of likely N-dealkylation sites (tertiary alicyclic amines) is 1. The van der Waals surface area contributed by atoms with E-state index in [-0.39, 0.29) is 18.4 Å². The van der Waals surface area contributed by atoms with E-state index >= 15 is 0 Å². The topological polar surface area (TPSA) is 61.4 Å². The summed E-state index contributed by atoms with van der Waals surface area (Å²) in [6.45, 7) is 1.72. The molecule has 2 N–H and O–H groups in total. The monoisotopic (exact) mass is 419 g/mol. The summed E-state index contributed by atoms with van der Waals surface area (Å²) in [7, 11) is 0. The zero-order chi connectivity index (χ0) is 19.9. The SMILES string of the molecule is O=C(CNc1ccc(C(=O)N2CCCCCC2)cc1)Nc1cc(Cl)ccc1Cl. The van der Waals surface area contributed by atoms with Crippen LogP contribution < -0.4 is 10.6 Å². The van der Waals surface area contributed by atoms with Gasteiger partial charge in [-0.25, -0.2) is 0 Å². The summed E-state index contributed by atoms with van der Waals surface area (Å²) >= 11 is 12.0. The van der Waals surface area contributed by atoms with Gasteiger partial charge in [0.2, 0.25) is 5.91 Å². The number of halogens is 2. The third kappa shape index (κ3) is 5.63. The molecule has 0 atom stereocenters. The summed E-state index contributed by atoms with van der Waals surface area (Å²) in [6.07, 6.45) is 4.51. The van der Waals surface area contributed by atoms with Gasteiger partial charge < -0.3 is 15.5 Å². The highest BCUT2D eigenvalue weighted by Gasteiger charge is 2.17. The summed E-state index contributed by atoms with van der Waals surface area (Å²) in [6, 6.07) is 12.1. The minimum atomic E-state index is -0.242. The van der Waals surface area contributed by atoms with Crippen molar-refractivity contribution in [1.82, 2.24) is 4.90 Å². The first-order valence-corrected chi connectivity index (χ1v) is 10.2. The van der Waals surface area contributed by atoms with Crippen LogP contribution in [-0.4, -0.2) is 36.3 Å². The molecule has 2 aromatic carbocycles. The maximum absolute atomic E-state index is 12.6. The molecule has 2 amide bonds. The van der Waals surface area contributed by atoms with Gasteiger partial charge in [-0.2, -0.15) is 0 Å². The van der Waals surface area contributed by atoms with Gasteiger partial charge in [-0.05, 0) is 55.3 Å². The predicted molar refractivity (Wildman–Crippen MR) is 114 cm³/mol. The van der Waals surface area contributed by atoms with Gasteiger partial charge in [-0.3, -0.25) is 9.59 Å². The minimum absolute atomic E-state index is 0.0711. The Morgan fingerprint density at radius 1 is 0.929 bits per heavy atom. The molecule has 2 aromatic rings. The molecule has 0 bridgehead atoms. The standard InChI is InChI=1S/C21H23Cl2N3O2/c22-16-7-10-18(23)19(13-16)25-20(27)14-24-17-8-5-15(6-9-17)21(28)26-11-3-1-2-4-12-26/h5-10,13,24H,1-4,11-12,14H2,(H,25,27). The quantitative estimate of drug-likeness (QED) is 0.711. The second-order valence-corrected chi connectivity index (χ2v) is 7.65. The summed E-state index contributed by atoms with van der Waals surface area (Å²) in [5.41, 5.74) is 1.90. The van der Waals surface area contributed by atoms with E-state index in [4.69, 9.17) is 23.2 Å². The maximum Gasteiger partial charge on any atom is 0.253 e. The number of hydrogen-bond acceptors (Lipinski definition) is 3. The Hall–Kier alpha value is -2.24. The molecule has 0 saturated carbocycles. The van der Waals surface area contributed by atoms with Crippen molar-refractivity contribution in [2.24, 2.45) is 0 Å². The van der Waals surface area contributed by atoms with Crippen molar-refractivity contribution in [1.29, 1.82) is 0 Å². The minimum Gasteiger partial charge on any atom is -0.376 e. The molecule has 1 aliphatic heterocycles. The van der Waals surface area contributed by atoms with Gasteiger partial charge in [0.05, 0.1) is 17.3 Å². The van der Waals surface area contributed by atoms with Crippen LogP contribution >= 0.6 is 23.2 Å². The van der Waals surface area contributed by atoms with Gasteiger partial charge in [-0.1, -0.05) is 36.0 Å². The average molecular weight is 420 g/mol. The Bertz CT molecular complexity index is 832. The number of nitrogens with one attached hydrogen (secondary N) is 2. The van der Waals surface area contributed by atoms with Crippen LogP contribution in [0.2, 0.25) is 10.0 Å². The van der Waals surface area contributed by atoms with E-state index < -0.39 is 0 Å². The predicted octanol–water partition coefficient (Wildman–Crippen LogP) is 5.06. The summed E-state index contributed by atoms with van der Waals surface area (Å²) in [5, 5.41) is 6.69. The molecule has 1 saturated heterocycles. The molecule has 0 radical (unpaired) electrons. The molecule has 1 heterocycles. The van der Waals surface area contributed by atoms with Crippen molar-refractivity contribution < 1.29 is 9.59 Å². The lowest BCUT2D eigenvalue weighted by atomic mass is 10.1. The van der Waals surface area contributed by atoms with Crippen molar-refractivity contribution >= 4 is 46.4 Å². The van der Waals surface area contributed by atoms with Crippen molar-refractivity contribution in [2.45, 2.75) is 25.7 Å². The third-order valence-corrected chi connectivity index (χ3v) is 5.25. The van der Waals surface area contributed by atoms with E-state index in [0.717, 1.165) is 31.6 Å². The van der Waals surface area contributed by atoms with Gasteiger partial charge >= 0.3 is 0 Å². The number of nitrogens with zero attached hydrogens (tertiary/aromatic N) is 1. The molecule has 148 valence electrons. The molecule has 0 aromatic heterocycles. The first-order chi connectivity index (χ1) is 13.5. The second-order valence-electron chi connectivity index (χ2n) is 6.81. The average Bonchev–Trinajstić information content (AvgIpc) is 2.98. The van der Waals surface area contributed by atoms with Gasteiger partial charge in [0.1, 0.15) is 0 Å². The molecular weight excluding hydrogens is 397 g/mol. The van der Waals surface area contributed by atoms with Gasteiger partial charge in [-0.15, -0.1) is 0 Å². The number of amides is 2. The molecule has 1 fully saturated rings. The normalized spacial score (nSPS) is 14.3. The van der Waals surface area contributed by atoms with Crippen LogP contribution in [0.4, 0.5) is 11.4 Å². The lowest BCUT2D eigenvalue weighted by Crippen LogP contribution is -2.31. The molecule has 1 aliphatic rings. The Labute approximate surface area is 175 Å². The molecule has 0 aliphatic carbocycles. The van der Waals surface area contributed by atoms with Crippen molar-refractivity contribution in [3.05, 3.63) is 58.1 Å². The number of hydrogen-bond donors (Lipinski definition) is 2. The maximum atomic E-state index is 12.6. The summed E-state index contributed by atoms with van der Waals surface area (Å²) in [4.78, 5) is 26.7. The lowest BCUT2D eigenvalue weighted by molar-refractivity contribution is -0.114. The Balaban J connectivity index is 1.53. The van der Waals surface area contributed by atoms with E-state index in [1.807, 2.05) is 17.0 Å². The molecular formula is C21H23Cl2N3O2. The van der Waals surface area contributed by atoms with Crippen LogP contribution in [-0.2, 0) is 4.79 Å². The first kappa shape index (κ1) is 20.5. The zero-order valence-corrected chi connectivity index (χ0v) is 17.0. The fourth-order valence-electron chi connectivity index (χ4n) is 3.16. The van der Waals surface area contributed by atoms with Crippen LogP contribution in [0.1, 0.15) is 36.0 Å². The van der Waals surface area contributed by atoms with Crippen LogP contribution in [0.25, 0.3) is 0 Å². The van der Waals surface area contributed by atoms with E-state index in [0.29, 0.717) is 21.3 Å². The second kappa shape index (κ2) is 9.80. The molecule has 3 rings (SSSR count). The van der Waals surface area contributed by atoms with Crippen molar-refractivity contribution in [3.63, 3.8) is 0 Å². The smallest absolute Gasteiger partial charge is 0.253 e. The van der Waals surface area contributed by atoms with Crippen molar-refractivity contribution in [2.75, 3.05) is 30.3 Å². The number of anilines is 2. The van der Waals surface area contributed by atoms with Gasteiger partial charge in [0, 0.05) is 29.4 Å². The highest BCUT2D eigenvalue weighted by molar-refractivity contribution is 6.35. The van der Waals surface area contributed by atoms with Crippen LogP contribution in [0.3, 0.4) is 0 Å². The number of carbonyl (C=O) groups excluding carboxylic acids is 2. The fraction of sp³-hybridized carbons (Fsp3) is 0.333. The van der Waals surface area contributed by atoms with E-state index in [2.05, 4.69) is 10.6 Å². The molecule has 0 spiro atoms. The van der Waals surface area contributed by atoms with Gasteiger partial charge in [0.15, 0.2) is 0 Å². The van der Waals surface area contributed by atoms with E-state index in [1.54, 1.807) is 30.3 Å². The van der Waals surface area contributed by atoms with E-state index in [1.165, 1.54) is 12.8 Å². The number of carbonyl (C=O) groups is 2. The Morgan fingerprint density at radius 2 is 1.61 bits per heavy atom. The third-order valence-electron chi connectivity index (χ3n) is 4.68. The zero-order valence-electron chi connectivity index (χ0n) is 15.5. The number of benzene rings is 2. The number of rotatable bonds is 5. The highest BCUT2D eigenvalue weighted by atomic mass is 35.5. The lowest BCUT2D eigenvalue weighted by Gasteiger charge is -2.20.